The molecule has 0 atom stereocenters. The maximum Gasteiger partial charge on any atom is 0.270 e. The summed E-state index contributed by atoms with van der Waals surface area (Å²) in [6.07, 6.45) is 6.36. The molecule has 0 unspecified atom stereocenters. The van der Waals surface area contributed by atoms with Crippen LogP contribution < -0.4 is 10.5 Å². The van der Waals surface area contributed by atoms with Gasteiger partial charge in [-0.05, 0) is 62.1 Å². The fourth-order valence-electron chi connectivity index (χ4n) is 5.40. The van der Waals surface area contributed by atoms with Crippen LogP contribution in [-0.2, 0) is 22.5 Å². The lowest BCUT2D eigenvalue weighted by Gasteiger charge is -2.36. The number of nitriles is 1. The minimum Gasteiger partial charge on any atom is -0.385 e. The van der Waals surface area contributed by atoms with Crippen LogP contribution in [0.4, 0.5) is 5.82 Å². The van der Waals surface area contributed by atoms with Gasteiger partial charge >= 0.3 is 0 Å². The number of amides is 1. The molecule has 3 heterocycles. The minimum atomic E-state index is -0.262. The largest absolute Gasteiger partial charge is 0.385 e. The molecule has 0 bridgehead atoms. The van der Waals surface area contributed by atoms with E-state index in [4.69, 9.17) is 17.0 Å². The van der Waals surface area contributed by atoms with Gasteiger partial charge in [0.1, 0.15) is 21.8 Å². The summed E-state index contributed by atoms with van der Waals surface area (Å²) in [4.78, 5) is 31.2. The molecule has 4 rings (SSSR count). The highest BCUT2D eigenvalue weighted by molar-refractivity contribution is 8.26. The molecule has 7 nitrogen and oxygen atoms in total. The Balaban J connectivity index is 1.70. The van der Waals surface area contributed by atoms with E-state index >= 15 is 0 Å². The zero-order valence-electron chi connectivity index (χ0n) is 22.9. The van der Waals surface area contributed by atoms with Crippen molar-refractivity contribution in [1.82, 2.24) is 9.47 Å². The summed E-state index contributed by atoms with van der Waals surface area (Å²) in [7, 11) is 1.64. The number of hydrogen-bond acceptors (Lipinski definition) is 7. The van der Waals surface area contributed by atoms with E-state index in [1.165, 1.54) is 17.3 Å². The van der Waals surface area contributed by atoms with Crippen molar-refractivity contribution in [1.29, 1.82) is 5.26 Å². The zero-order chi connectivity index (χ0) is 27.9. The van der Waals surface area contributed by atoms with Gasteiger partial charge in [0, 0.05) is 45.5 Å². The number of aromatic nitrogens is 1. The Morgan fingerprint density at radius 1 is 1.18 bits per heavy atom. The summed E-state index contributed by atoms with van der Waals surface area (Å²) in [5, 5.41) is 9.90. The van der Waals surface area contributed by atoms with Crippen LogP contribution in [0.3, 0.4) is 0 Å². The van der Waals surface area contributed by atoms with Gasteiger partial charge in [-0.1, -0.05) is 61.2 Å². The van der Waals surface area contributed by atoms with Crippen molar-refractivity contribution in [3.63, 3.8) is 0 Å². The third-order valence-corrected chi connectivity index (χ3v) is 8.83. The Bertz CT molecular complexity index is 1340. The molecule has 1 aromatic carbocycles. The van der Waals surface area contributed by atoms with Crippen molar-refractivity contribution in [3.8, 4) is 6.07 Å². The van der Waals surface area contributed by atoms with Crippen LogP contribution >= 0.6 is 24.0 Å². The quantitative estimate of drug-likeness (QED) is 0.225. The normalized spacial score (nSPS) is 17.3. The number of methoxy groups -OCH3 is 1. The first-order valence-electron chi connectivity index (χ1n) is 13.6. The number of piperidine rings is 1. The summed E-state index contributed by atoms with van der Waals surface area (Å²) in [6, 6.07) is 12.7. The van der Waals surface area contributed by atoms with Gasteiger partial charge in [0.05, 0.1) is 4.91 Å². The summed E-state index contributed by atoms with van der Waals surface area (Å²) < 4.78 is 7.40. The number of benzene rings is 1. The maximum absolute atomic E-state index is 13.5. The molecular formula is C30H36N4O3S2. The van der Waals surface area contributed by atoms with Crippen molar-refractivity contribution >= 4 is 46.1 Å². The zero-order valence-corrected chi connectivity index (χ0v) is 24.6. The highest BCUT2D eigenvalue weighted by Crippen LogP contribution is 2.37. The van der Waals surface area contributed by atoms with E-state index in [1.54, 1.807) is 16.6 Å². The highest BCUT2D eigenvalue weighted by Gasteiger charge is 2.33. The number of nitrogens with zero attached hydrogens (tertiary/aromatic N) is 4. The van der Waals surface area contributed by atoms with Gasteiger partial charge in [-0.25, -0.2) is 0 Å². The van der Waals surface area contributed by atoms with Crippen molar-refractivity contribution in [2.75, 3.05) is 38.3 Å². The Kier molecular flexibility index (Phi) is 10.0. The van der Waals surface area contributed by atoms with E-state index < -0.39 is 0 Å². The van der Waals surface area contributed by atoms with Gasteiger partial charge in [-0.3, -0.25) is 19.1 Å². The van der Waals surface area contributed by atoms with Gasteiger partial charge in [0.15, 0.2) is 0 Å². The molecule has 0 spiro atoms. The summed E-state index contributed by atoms with van der Waals surface area (Å²) in [5.74, 6) is 1.24. The van der Waals surface area contributed by atoms with Crippen LogP contribution in [0.25, 0.3) is 6.08 Å². The van der Waals surface area contributed by atoms with E-state index in [2.05, 4.69) is 35.2 Å². The minimum absolute atomic E-state index is 0.132. The van der Waals surface area contributed by atoms with Crippen LogP contribution in [0, 0.1) is 24.2 Å². The first-order valence-corrected chi connectivity index (χ1v) is 14.8. The molecule has 0 N–H and O–H groups in total. The molecule has 9 heteroatoms. The molecule has 2 aliphatic rings. The molecule has 206 valence electrons. The lowest BCUT2D eigenvalue weighted by atomic mass is 9.90. The molecule has 2 fully saturated rings. The molecule has 1 amide bonds. The smallest absolute Gasteiger partial charge is 0.270 e. The SMILES string of the molecule is CCCn1c(N2CCC(Cc3ccccc3)CC2)c(/C=C2\SC(=S)N(CCCOC)C2=O)c(C)c(C#N)c1=O. The second-order valence-corrected chi connectivity index (χ2v) is 11.8. The molecule has 1 aromatic heterocycles. The molecule has 2 aliphatic heterocycles. The van der Waals surface area contributed by atoms with Crippen molar-refractivity contribution in [2.24, 2.45) is 5.92 Å². The molecule has 2 saturated heterocycles. The van der Waals surface area contributed by atoms with Gasteiger partial charge in [-0.15, -0.1) is 0 Å². The Hall–Kier alpha value is -2.93. The molecule has 2 aromatic rings. The number of rotatable bonds is 10. The van der Waals surface area contributed by atoms with E-state index in [-0.39, 0.29) is 17.0 Å². The molecular weight excluding hydrogens is 528 g/mol. The fraction of sp³-hybridized carbons (Fsp3) is 0.467. The standard InChI is InChI=1S/C30H36N4O3S2/c1-4-13-33-27(32-15-11-23(12-16-32)18-22-9-6-5-7-10-22)24(21(2)25(20-31)28(33)35)19-26-29(36)34(30(38)39-26)14-8-17-37-3/h5-7,9-10,19,23H,4,8,11-18H2,1-3H3/b26-19-. The number of carbonyl (C=O) groups excluding carboxylic acids is 1. The Labute approximate surface area is 240 Å². The lowest BCUT2D eigenvalue weighted by molar-refractivity contribution is -0.122. The predicted octanol–water partition coefficient (Wildman–Crippen LogP) is 5.14. The number of thioether (sulfide) groups is 1. The van der Waals surface area contributed by atoms with Gasteiger partial charge in [0.2, 0.25) is 0 Å². The van der Waals surface area contributed by atoms with E-state index in [0.29, 0.717) is 46.8 Å². The third-order valence-electron chi connectivity index (χ3n) is 7.45. The third kappa shape index (κ3) is 6.46. The second-order valence-electron chi connectivity index (χ2n) is 10.1. The van der Waals surface area contributed by atoms with Crippen LogP contribution in [-0.4, -0.2) is 53.0 Å². The highest BCUT2D eigenvalue weighted by atomic mass is 32.2. The topological polar surface area (TPSA) is 78.6 Å². The average Bonchev–Trinajstić information content (AvgIpc) is 3.20. The monoisotopic (exact) mass is 564 g/mol. The number of anilines is 1. The molecule has 0 radical (unpaired) electrons. The summed E-state index contributed by atoms with van der Waals surface area (Å²) in [5.41, 5.74) is 2.59. The first kappa shape index (κ1) is 29.1. The molecule has 0 aliphatic carbocycles. The van der Waals surface area contributed by atoms with Gasteiger partial charge in [-0.2, -0.15) is 5.26 Å². The Morgan fingerprint density at radius 3 is 2.54 bits per heavy atom. The van der Waals surface area contributed by atoms with Crippen molar-refractivity contribution < 1.29 is 9.53 Å². The number of ether oxygens (including phenoxy) is 1. The maximum atomic E-state index is 13.5. The predicted molar refractivity (Wildman–Crippen MR) is 162 cm³/mol. The summed E-state index contributed by atoms with van der Waals surface area (Å²) in [6.45, 7) is 7.01. The Morgan fingerprint density at radius 2 is 1.90 bits per heavy atom. The molecule has 39 heavy (non-hydrogen) atoms. The van der Waals surface area contributed by atoms with E-state index in [1.807, 2.05) is 26.0 Å². The van der Waals surface area contributed by atoms with E-state index in [9.17, 15) is 14.9 Å². The number of thiocarbonyl (C=S) groups is 1. The van der Waals surface area contributed by atoms with Gasteiger partial charge < -0.3 is 9.64 Å². The van der Waals surface area contributed by atoms with Crippen LogP contribution in [0.1, 0.15) is 54.9 Å². The summed E-state index contributed by atoms with van der Waals surface area (Å²) >= 11 is 6.80. The second kappa shape index (κ2) is 13.4. The van der Waals surface area contributed by atoms with Gasteiger partial charge in [0.25, 0.3) is 11.5 Å². The van der Waals surface area contributed by atoms with Crippen LogP contribution in [0.5, 0.6) is 0 Å². The number of hydrogen-bond donors (Lipinski definition) is 0. The fourth-order valence-corrected chi connectivity index (χ4v) is 6.69. The van der Waals surface area contributed by atoms with Crippen molar-refractivity contribution in [2.45, 2.75) is 52.5 Å². The number of pyridine rings is 1. The van der Waals surface area contributed by atoms with E-state index in [0.717, 1.165) is 50.2 Å². The first-order chi connectivity index (χ1) is 18.9. The van der Waals surface area contributed by atoms with Crippen LogP contribution in [0.2, 0.25) is 0 Å². The van der Waals surface area contributed by atoms with Crippen molar-refractivity contribution in [3.05, 3.63) is 67.8 Å². The van der Waals surface area contributed by atoms with Crippen LogP contribution in [0.15, 0.2) is 40.0 Å². The average molecular weight is 565 g/mol. The number of carbonyl (C=O) groups is 1. The lowest BCUT2D eigenvalue weighted by Crippen LogP contribution is -2.40. The molecule has 0 saturated carbocycles.